The largest absolute Gasteiger partial charge is 0.416 e. The topological polar surface area (TPSA) is 154 Å². The third-order valence-electron chi connectivity index (χ3n) is 12.2. The number of aryl methyl sites for hydroxylation is 2. The number of hydrogen-bond donors (Lipinski definition) is 1. The number of aromatic nitrogens is 3. The zero-order valence-electron chi connectivity index (χ0n) is 35.7. The fraction of sp³-hybridized carbons (Fsp3) is 0.347. The van der Waals surface area contributed by atoms with Crippen LogP contribution in [0.2, 0.25) is 0 Å². The molecule has 5 amide bonds. The molecule has 2 aromatic heterocycles. The number of rotatable bonds is 13. The number of halogens is 3. The molecule has 1 N–H and O–H groups in total. The summed E-state index contributed by atoms with van der Waals surface area (Å²) in [4.78, 5) is 85.3. The van der Waals surface area contributed by atoms with Crippen LogP contribution in [0.4, 0.5) is 13.2 Å². The molecule has 0 spiro atoms. The summed E-state index contributed by atoms with van der Waals surface area (Å²) in [5, 5.41) is 6.46. The van der Waals surface area contributed by atoms with E-state index in [4.69, 9.17) is 0 Å². The molecule has 5 aromatic rings. The van der Waals surface area contributed by atoms with Gasteiger partial charge in [-0.1, -0.05) is 49.1 Å². The Bertz CT molecular complexity index is 2780. The van der Waals surface area contributed by atoms with E-state index in [0.29, 0.717) is 67.9 Å². The zero-order chi connectivity index (χ0) is 45.8. The van der Waals surface area contributed by atoms with Crippen molar-refractivity contribution in [2.45, 2.75) is 83.5 Å². The van der Waals surface area contributed by atoms with E-state index < -0.39 is 41.4 Å². The van der Waals surface area contributed by atoms with Gasteiger partial charge in [-0.2, -0.15) is 18.3 Å². The lowest BCUT2D eigenvalue weighted by Gasteiger charge is -2.35. The van der Waals surface area contributed by atoms with Crippen LogP contribution in [0, 0.1) is 18.8 Å². The number of amides is 5. The van der Waals surface area contributed by atoms with Crippen molar-refractivity contribution in [1.29, 1.82) is 0 Å². The molecule has 0 bridgehead atoms. The molecule has 16 heteroatoms. The summed E-state index contributed by atoms with van der Waals surface area (Å²) in [5.74, 6) is 3.65. The molecule has 8 rings (SSSR count). The number of nitrogens with zero attached hydrogens (tertiary/aromatic N) is 6. The molecular weight excluding hydrogens is 840 g/mol. The molecule has 3 aromatic carbocycles. The number of imide groups is 2. The van der Waals surface area contributed by atoms with E-state index in [1.54, 1.807) is 76.4 Å². The highest BCUT2D eigenvalue weighted by molar-refractivity contribution is 6.23. The number of nitrogens with one attached hydrogen (secondary N) is 1. The van der Waals surface area contributed by atoms with Crippen LogP contribution in [0.3, 0.4) is 0 Å². The highest BCUT2D eigenvalue weighted by atomic mass is 19.4. The zero-order valence-corrected chi connectivity index (χ0v) is 35.7. The maximum Gasteiger partial charge on any atom is 0.416 e. The number of Topliss-reactive ketones (excluding diaryl/α,β-unsaturated/α-hetero) is 1. The molecule has 334 valence electrons. The highest BCUT2D eigenvalue weighted by Gasteiger charge is 2.44. The minimum absolute atomic E-state index is 0.00833. The number of ketones is 1. The van der Waals surface area contributed by atoms with Crippen molar-refractivity contribution in [3.63, 3.8) is 0 Å². The van der Waals surface area contributed by atoms with Gasteiger partial charge in [-0.05, 0) is 97.2 Å². The lowest BCUT2D eigenvalue weighted by molar-refractivity contribution is -0.139. The molecule has 1 unspecified atom stereocenters. The number of alkyl halides is 3. The van der Waals surface area contributed by atoms with Crippen molar-refractivity contribution in [3.05, 3.63) is 135 Å². The van der Waals surface area contributed by atoms with Gasteiger partial charge in [0.1, 0.15) is 11.7 Å². The number of piperazine rings is 1. The van der Waals surface area contributed by atoms with Crippen LogP contribution in [0.5, 0.6) is 0 Å². The van der Waals surface area contributed by atoms with Crippen LogP contribution in [0.25, 0.3) is 5.65 Å². The van der Waals surface area contributed by atoms with Gasteiger partial charge in [0.05, 0.1) is 22.9 Å². The first-order valence-electron chi connectivity index (χ1n) is 21.7. The minimum Gasteiger partial charge on any atom is -0.340 e. The van der Waals surface area contributed by atoms with E-state index in [1.807, 2.05) is 11.8 Å². The van der Waals surface area contributed by atoms with Gasteiger partial charge in [0, 0.05) is 69.3 Å². The van der Waals surface area contributed by atoms with Crippen LogP contribution >= 0.6 is 0 Å². The van der Waals surface area contributed by atoms with Gasteiger partial charge in [-0.15, -0.1) is 0 Å². The monoisotopic (exact) mass is 885 g/mol. The summed E-state index contributed by atoms with van der Waals surface area (Å²) >= 11 is 0. The lowest BCUT2D eigenvalue weighted by Crippen LogP contribution is -2.54. The van der Waals surface area contributed by atoms with Gasteiger partial charge in [-0.3, -0.25) is 43.9 Å². The number of imidazole rings is 1. The molecule has 3 aliphatic heterocycles. The Morgan fingerprint density at radius 3 is 2.40 bits per heavy atom. The maximum atomic E-state index is 14.4. The van der Waals surface area contributed by atoms with E-state index in [0.717, 1.165) is 41.4 Å². The van der Waals surface area contributed by atoms with Crippen LogP contribution in [-0.2, 0) is 39.9 Å². The second-order valence-corrected chi connectivity index (χ2v) is 16.7. The first kappa shape index (κ1) is 44.6. The predicted molar refractivity (Wildman–Crippen MR) is 231 cm³/mol. The average molecular weight is 886 g/mol. The van der Waals surface area contributed by atoms with Gasteiger partial charge in [0.15, 0.2) is 11.4 Å². The number of piperidine rings is 1. The number of carbonyl (C=O) groups excluding carboxylic acids is 6. The van der Waals surface area contributed by atoms with E-state index in [1.165, 1.54) is 6.07 Å². The van der Waals surface area contributed by atoms with Crippen LogP contribution in [0.15, 0.2) is 79.1 Å². The summed E-state index contributed by atoms with van der Waals surface area (Å²) in [6.45, 7) is 3.59. The number of benzene rings is 3. The third kappa shape index (κ3) is 10.1. The Labute approximate surface area is 373 Å². The molecule has 3 aliphatic rings. The summed E-state index contributed by atoms with van der Waals surface area (Å²) in [5.41, 5.74) is 3.97. The van der Waals surface area contributed by atoms with Gasteiger partial charge in [0.25, 0.3) is 11.8 Å². The van der Waals surface area contributed by atoms with Crippen molar-refractivity contribution < 1.29 is 41.9 Å². The second kappa shape index (κ2) is 19.0. The van der Waals surface area contributed by atoms with Gasteiger partial charge < -0.3 is 4.90 Å². The Balaban J connectivity index is 0.778. The van der Waals surface area contributed by atoms with Crippen molar-refractivity contribution in [1.82, 2.24) is 34.6 Å². The van der Waals surface area contributed by atoms with Crippen molar-refractivity contribution in [2.75, 3.05) is 26.2 Å². The SMILES string of the molecule is Cc1ccc(C(=O)Cc2ccc(CN3CCN(C(=O)CCCCCCc4ccc5c(c4)C(=O)N(C4CCC(=O)NC4=O)C5=O)CC3)c(C(F)(F)F)c2)cc1C#Cc1cnc2cccnn12. The smallest absolute Gasteiger partial charge is 0.340 e. The quantitative estimate of drug-likeness (QED) is 0.0638. The van der Waals surface area contributed by atoms with Crippen LogP contribution in [0.1, 0.15) is 115 Å². The third-order valence-corrected chi connectivity index (χ3v) is 12.2. The van der Waals surface area contributed by atoms with Gasteiger partial charge in [0.2, 0.25) is 17.7 Å². The Kier molecular flexibility index (Phi) is 13.0. The molecule has 0 aliphatic carbocycles. The highest BCUT2D eigenvalue weighted by Crippen LogP contribution is 2.34. The first-order valence-corrected chi connectivity index (χ1v) is 21.7. The fourth-order valence-electron chi connectivity index (χ4n) is 8.59. The predicted octanol–water partition coefficient (Wildman–Crippen LogP) is 6.12. The summed E-state index contributed by atoms with van der Waals surface area (Å²) in [6.07, 6.45) is 2.70. The molecule has 65 heavy (non-hydrogen) atoms. The van der Waals surface area contributed by atoms with E-state index in [-0.39, 0.29) is 59.8 Å². The first-order chi connectivity index (χ1) is 31.2. The molecule has 13 nitrogen and oxygen atoms in total. The number of fused-ring (bicyclic) bond motifs is 2. The number of carbonyl (C=O) groups is 6. The Hall–Kier alpha value is -6.99. The Morgan fingerprint density at radius 1 is 0.846 bits per heavy atom. The molecule has 2 fully saturated rings. The summed E-state index contributed by atoms with van der Waals surface area (Å²) in [6, 6.07) is 16.8. The summed E-state index contributed by atoms with van der Waals surface area (Å²) in [7, 11) is 0. The fourth-order valence-corrected chi connectivity index (χ4v) is 8.59. The standard InChI is InChI=1S/C49H46F3N7O6/c1-31-10-13-35(28-34(31)15-16-37-29-53-43-8-6-20-54-59(37)43)42(60)27-33-11-14-36(40(26-33)49(50,51)52)30-56-21-23-57(24-22-56)45(62)9-5-3-2-4-7-32-12-17-38-39(25-32)48(65)58(47(38)64)41-18-19-44(61)55-46(41)63/h6,8,10-14,17,20,25-26,28-29,41H,2-5,7,9,18-19,21-24,27,30H2,1H3,(H,55,61,63). The molecular formula is C49H46F3N7O6. The molecule has 0 saturated carbocycles. The lowest BCUT2D eigenvalue weighted by atomic mass is 9.96. The number of hydrogen-bond acceptors (Lipinski definition) is 9. The maximum absolute atomic E-state index is 14.4. The van der Waals surface area contributed by atoms with Crippen molar-refractivity contribution in [3.8, 4) is 11.8 Å². The minimum atomic E-state index is -4.63. The van der Waals surface area contributed by atoms with E-state index in [9.17, 15) is 41.9 Å². The van der Waals surface area contributed by atoms with Gasteiger partial charge >= 0.3 is 6.18 Å². The van der Waals surface area contributed by atoms with Crippen LogP contribution in [-0.4, -0.2) is 96.8 Å². The van der Waals surface area contributed by atoms with Crippen LogP contribution < -0.4 is 5.32 Å². The molecule has 5 heterocycles. The average Bonchev–Trinajstić information content (AvgIpc) is 3.81. The van der Waals surface area contributed by atoms with Crippen molar-refractivity contribution in [2.24, 2.45) is 0 Å². The normalized spacial score (nSPS) is 16.7. The molecule has 0 radical (unpaired) electrons. The summed E-state index contributed by atoms with van der Waals surface area (Å²) < 4.78 is 44.9. The second-order valence-electron chi connectivity index (χ2n) is 16.7. The van der Waals surface area contributed by atoms with Gasteiger partial charge in [-0.25, -0.2) is 9.50 Å². The Morgan fingerprint density at radius 2 is 1.62 bits per heavy atom. The number of unbranched alkanes of at least 4 members (excludes halogenated alkanes) is 3. The molecule has 1 atom stereocenters. The van der Waals surface area contributed by atoms with E-state index in [2.05, 4.69) is 27.2 Å². The van der Waals surface area contributed by atoms with E-state index >= 15 is 0 Å². The van der Waals surface area contributed by atoms with Crippen molar-refractivity contribution >= 4 is 41.0 Å². The molecule has 2 saturated heterocycles.